The third-order valence-electron chi connectivity index (χ3n) is 1.87. The average Bonchev–Trinajstić information content (AvgIpc) is 2.63. The van der Waals surface area contributed by atoms with Crippen LogP contribution < -0.4 is 5.69 Å². The summed E-state index contributed by atoms with van der Waals surface area (Å²) in [7, 11) is 0. The second-order valence-corrected chi connectivity index (χ2v) is 2.90. The normalized spacial score (nSPS) is 11.0. The van der Waals surface area contributed by atoms with Gasteiger partial charge < -0.3 is 0 Å². The molecule has 0 saturated heterocycles. The molecule has 0 fully saturated rings. The zero-order chi connectivity index (χ0) is 10.7. The second kappa shape index (κ2) is 3.91. The maximum Gasteiger partial charge on any atom is 0.356 e. The zero-order valence-electron chi connectivity index (χ0n) is 8.24. The van der Waals surface area contributed by atoms with E-state index in [1.54, 1.807) is 30.6 Å². The molecule has 0 aliphatic heterocycles. The van der Waals surface area contributed by atoms with E-state index in [4.69, 9.17) is 0 Å². The van der Waals surface area contributed by atoms with E-state index in [-0.39, 0.29) is 5.69 Å². The van der Waals surface area contributed by atoms with E-state index in [9.17, 15) is 4.79 Å². The van der Waals surface area contributed by atoms with E-state index < -0.39 is 0 Å². The van der Waals surface area contributed by atoms with Crippen LogP contribution in [-0.4, -0.2) is 19.3 Å². The average molecular weight is 202 g/mol. The molecule has 0 aliphatic rings. The molecule has 0 N–H and O–H groups in total. The first-order valence-corrected chi connectivity index (χ1v) is 4.53. The van der Waals surface area contributed by atoms with E-state index in [0.29, 0.717) is 5.82 Å². The van der Waals surface area contributed by atoms with Gasteiger partial charge in [-0.2, -0.15) is 9.78 Å². The largest absolute Gasteiger partial charge is 0.356 e. The fraction of sp³-hybridized carbons (Fsp3) is 0.100. The summed E-state index contributed by atoms with van der Waals surface area (Å²) in [6.07, 6.45) is 6.49. The van der Waals surface area contributed by atoms with Crippen molar-refractivity contribution in [2.75, 3.05) is 0 Å². The summed E-state index contributed by atoms with van der Waals surface area (Å²) in [5.74, 6) is 0.519. The number of allylic oxidation sites excluding steroid dienone is 1. The van der Waals surface area contributed by atoms with Crippen molar-refractivity contribution in [3.8, 4) is 5.82 Å². The Morgan fingerprint density at radius 2 is 2.27 bits per heavy atom. The van der Waals surface area contributed by atoms with Gasteiger partial charge in [0.05, 0.1) is 0 Å². The first-order valence-electron chi connectivity index (χ1n) is 4.53. The fourth-order valence-corrected chi connectivity index (χ4v) is 1.21. The monoisotopic (exact) mass is 202 g/mol. The van der Waals surface area contributed by atoms with E-state index in [0.717, 1.165) is 0 Å². The predicted molar refractivity (Wildman–Crippen MR) is 56.6 cm³/mol. The summed E-state index contributed by atoms with van der Waals surface area (Å²) in [6, 6.07) is 5.33. The number of rotatable bonds is 2. The Labute approximate surface area is 86.3 Å². The lowest BCUT2D eigenvalue weighted by atomic mass is 10.5. The molecule has 2 aromatic heterocycles. The molecular weight excluding hydrogens is 192 g/mol. The van der Waals surface area contributed by atoms with Crippen molar-refractivity contribution >= 4 is 6.20 Å². The molecule has 0 unspecified atom stereocenters. The molecule has 2 rings (SSSR count). The van der Waals surface area contributed by atoms with Crippen molar-refractivity contribution in [1.29, 1.82) is 0 Å². The van der Waals surface area contributed by atoms with Gasteiger partial charge in [-0.15, -0.1) is 0 Å². The summed E-state index contributed by atoms with van der Waals surface area (Å²) >= 11 is 0. The van der Waals surface area contributed by atoms with Crippen molar-refractivity contribution in [2.24, 2.45) is 0 Å². The van der Waals surface area contributed by atoms with E-state index >= 15 is 0 Å². The number of pyridine rings is 1. The van der Waals surface area contributed by atoms with Crippen LogP contribution in [0.3, 0.4) is 0 Å². The van der Waals surface area contributed by atoms with Crippen LogP contribution in [0, 0.1) is 0 Å². The Bertz CT molecular complexity index is 524. The maximum absolute atomic E-state index is 11.7. The highest BCUT2D eigenvalue weighted by molar-refractivity contribution is 5.23. The first-order chi connectivity index (χ1) is 7.33. The van der Waals surface area contributed by atoms with E-state index in [1.165, 1.54) is 15.6 Å². The summed E-state index contributed by atoms with van der Waals surface area (Å²) in [6.45, 7) is 1.84. The Morgan fingerprint density at radius 3 is 2.93 bits per heavy atom. The van der Waals surface area contributed by atoms with Crippen molar-refractivity contribution in [1.82, 2.24) is 19.3 Å². The van der Waals surface area contributed by atoms with Gasteiger partial charge in [0.2, 0.25) is 0 Å². The summed E-state index contributed by atoms with van der Waals surface area (Å²) < 4.78 is 2.65. The van der Waals surface area contributed by atoms with Crippen molar-refractivity contribution in [3.05, 3.63) is 47.3 Å². The molecule has 5 nitrogen and oxygen atoms in total. The van der Waals surface area contributed by atoms with Gasteiger partial charge in [0.15, 0.2) is 5.82 Å². The molecule has 2 heterocycles. The van der Waals surface area contributed by atoms with E-state index in [2.05, 4.69) is 10.1 Å². The van der Waals surface area contributed by atoms with Gasteiger partial charge in [-0.1, -0.05) is 12.1 Å². The molecule has 76 valence electrons. The Kier molecular flexibility index (Phi) is 2.45. The lowest BCUT2D eigenvalue weighted by Crippen LogP contribution is -2.21. The molecule has 0 amide bonds. The Morgan fingerprint density at radius 1 is 1.40 bits per heavy atom. The van der Waals surface area contributed by atoms with Gasteiger partial charge in [-0.05, 0) is 19.1 Å². The van der Waals surface area contributed by atoms with Crippen molar-refractivity contribution in [2.45, 2.75) is 6.92 Å². The van der Waals surface area contributed by atoms with Gasteiger partial charge in [-0.3, -0.25) is 4.57 Å². The van der Waals surface area contributed by atoms with Crippen LogP contribution in [0.25, 0.3) is 12.0 Å². The van der Waals surface area contributed by atoms with Crippen LogP contribution in [-0.2, 0) is 0 Å². The number of hydrogen-bond acceptors (Lipinski definition) is 3. The quantitative estimate of drug-likeness (QED) is 0.727. The molecule has 5 heteroatoms. The Hall–Kier alpha value is -2.17. The highest BCUT2D eigenvalue weighted by atomic mass is 16.2. The number of hydrogen-bond donors (Lipinski definition) is 0. The van der Waals surface area contributed by atoms with Crippen LogP contribution in [0.2, 0.25) is 0 Å². The summed E-state index contributed by atoms with van der Waals surface area (Å²) in [5, 5.41) is 3.96. The van der Waals surface area contributed by atoms with Crippen molar-refractivity contribution < 1.29 is 0 Å². The lowest BCUT2D eigenvalue weighted by molar-refractivity contribution is 0.806. The molecule has 0 radical (unpaired) electrons. The van der Waals surface area contributed by atoms with Crippen LogP contribution >= 0.6 is 0 Å². The molecule has 0 aliphatic carbocycles. The van der Waals surface area contributed by atoms with Crippen molar-refractivity contribution in [3.63, 3.8) is 0 Å². The molecule has 2 aromatic rings. The molecular formula is C10H10N4O. The van der Waals surface area contributed by atoms with Gasteiger partial charge in [-0.25, -0.2) is 9.78 Å². The third-order valence-corrected chi connectivity index (χ3v) is 1.87. The third kappa shape index (κ3) is 1.71. The predicted octanol–water partition coefficient (Wildman–Crippen LogP) is 0.920. The summed E-state index contributed by atoms with van der Waals surface area (Å²) in [4.78, 5) is 15.8. The molecule has 0 saturated carbocycles. The standard InChI is InChI=1S/C10H10N4O/c1-2-7-13-8-12-14(10(13)15)9-5-3-4-6-11-9/h2-8H,1H3/b7-2+. The van der Waals surface area contributed by atoms with Crippen LogP contribution in [0.1, 0.15) is 6.92 Å². The molecule has 15 heavy (non-hydrogen) atoms. The Balaban J connectivity index is 2.52. The van der Waals surface area contributed by atoms with Crippen LogP contribution in [0.5, 0.6) is 0 Å². The van der Waals surface area contributed by atoms with Gasteiger partial charge in [0, 0.05) is 12.4 Å². The maximum atomic E-state index is 11.7. The van der Waals surface area contributed by atoms with Gasteiger partial charge in [0.25, 0.3) is 0 Å². The van der Waals surface area contributed by atoms with Crippen LogP contribution in [0.4, 0.5) is 0 Å². The van der Waals surface area contributed by atoms with Crippen LogP contribution in [0.15, 0.2) is 41.6 Å². The SMILES string of the molecule is C/C=C/n1cnn(-c2ccccn2)c1=O. The van der Waals surface area contributed by atoms with Gasteiger partial charge in [0.1, 0.15) is 6.33 Å². The highest BCUT2D eigenvalue weighted by Crippen LogP contribution is 1.96. The summed E-state index contributed by atoms with van der Waals surface area (Å²) in [5.41, 5.74) is -0.230. The fourth-order valence-electron chi connectivity index (χ4n) is 1.21. The second-order valence-electron chi connectivity index (χ2n) is 2.90. The zero-order valence-corrected chi connectivity index (χ0v) is 8.24. The highest BCUT2D eigenvalue weighted by Gasteiger charge is 2.04. The van der Waals surface area contributed by atoms with Gasteiger partial charge >= 0.3 is 5.69 Å². The number of nitrogens with zero attached hydrogens (tertiary/aromatic N) is 4. The topological polar surface area (TPSA) is 52.7 Å². The molecule has 0 bridgehead atoms. The molecule has 0 aromatic carbocycles. The smallest absolute Gasteiger partial charge is 0.256 e. The minimum Gasteiger partial charge on any atom is -0.256 e. The lowest BCUT2D eigenvalue weighted by Gasteiger charge is -1.95. The molecule has 0 atom stereocenters. The number of aromatic nitrogens is 4. The minimum atomic E-state index is -0.230. The molecule has 0 spiro atoms. The van der Waals surface area contributed by atoms with E-state index in [1.807, 2.05) is 13.0 Å². The minimum absolute atomic E-state index is 0.230. The first kappa shape index (κ1) is 9.39.